The van der Waals surface area contributed by atoms with Crippen LogP contribution >= 0.6 is 0 Å². The Bertz CT molecular complexity index is 1570. The van der Waals surface area contributed by atoms with Crippen molar-refractivity contribution in [3.05, 3.63) is 66.5 Å². The number of nitrogens with zero attached hydrogens (tertiary/aromatic N) is 8. The zero-order chi connectivity index (χ0) is 29.1. The molecule has 0 atom stereocenters. The number of amides is 2. The third kappa shape index (κ3) is 5.97. The molecule has 0 bridgehead atoms. The summed E-state index contributed by atoms with van der Waals surface area (Å²) in [6.07, 6.45) is 11.7. The molecule has 1 aromatic carbocycles. The molecule has 12 heteroatoms. The number of carbonyl (C=O) groups excluding carboxylic acids is 2. The highest BCUT2D eigenvalue weighted by molar-refractivity contribution is 6.00. The van der Waals surface area contributed by atoms with E-state index in [2.05, 4.69) is 43.4 Å². The Morgan fingerprint density at radius 1 is 1.07 bits per heavy atom. The maximum atomic E-state index is 13.1. The van der Waals surface area contributed by atoms with Gasteiger partial charge in [0.2, 0.25) is 5.91 Å². The molecule has 218 valence electrons. The lowest BCUT2D eigenvalue weighted by atomic mass is 9.97. The van der Waals surface area contributed by atoms with Gasteiger partial charge in [0.1, 0.15) is 6.10 Å². The molecule has 1 fully saturated rings. The monoisotopic (exact) mass is 570 g/mol. The van der Waals surface area contributed by atoms with Crippen molar-refractivity contribution in [3.8, 4) is 6.01 Å². The average Bonchev–Trinajstić information content (AvgIpc) is 3.70. The van der Waals surface area contributed by atoms with Crippen LogP contribution in [0, 0.1) is 0 Å². The smallest absolute Gasteiger partial charge is 0.316 e. The van der Waals surface area contributed by atoms with Crippen LogP contribution < -0.4 is 9.64 Å². The lowest BCUT2D eigenvalue weighted by molar-refractivity contribution is -0.131. The fraction of sp³-hybridized carbons (Fsp3) is 0.400. The second kappa shape index (κ2) is 12.0. The molecule has 0 saturated carbocycles. The van der Waals surface area contributed by atoms with Gasteiger partial charge in [-0.1, -0.05) is 11.3 Å². The van der Waals surface area contributed by atoms with Crippen LogP contribution in [0.15, 0.2) is 59.5 Å². The lowest BCUT2D eigenvalue weighted by Gasteiger charge is -2.34. The van der Waals surface area contributed by atoms with Crippen molar-refractivity contribution in [1.82, 2.24) is 34.8 Å². The van der Waals surface area contributed by atoms with Gasteiger partial charge in [-0.2, -0.15) is 0 Å². The summed E-state index contributed by atoms with van der Waals surface area (Å²) in [6.45, 7) is 3.20. The summed E-state index contributed by atoms with van der Waals surface area (Å²) in [7, 11) is 3.43. The number of hydrogen-bond acceptors (Lipinski definition) is 9. The molecule has 0 radical (unpaired) electrons. The molecular formula is C30H34N8O4. The Labute approximate surface area is 243 Å². The molecule has 2 aliphatic heterocycles. The van der Waals surface area contributed by atoms with Crippen molar-refractivity contribution in [1.29, 1.82) is 0 Å². The van der Waals surface area contributed by atoms with Crippen LogP contribution in [0.2, 0.25) is 0 Å². The van der Waals surface area contributed by atoms with E-state index in [4.69, 9.17) is 9.15 Å². The van der Waals surface area contributed by atoms with Gasteiger partial charge in [0.25, 0.3) is 5.91 Å². The van der Waals surface area contributed by atoms with Crippen molar-refractivity contribution in [3.63, 3.8) is 0 Å². The number of ether oxygens (including phenoxy) is 1. The average molecular weight is 571 g/mol. The fourth-order valence-corrected chi connectivity index (χ4v) is 5.48. The number of furan rings is 1. The molecule has 2 amide bonds. The minimum absolute atomic E-state index is 0.0166. The maximum Gasteiger partial charge on any atom is 0.316 e. The zero-order valence-corrected chi connectivity index (χ0v) is 23.8. The lowest BCUT2D eigenvalue weighted by Crippen LogP contribution is -2.38. The summed E-state index contributed by atoms with van der Waals surface area (Å²) < 4.78 is 13.9. The summed E-state index contributed by atoms with van der Waals surface area (Å²) in [4.78, 5) is 39.9. The molecule has 42 heavy (non-hydrogen) atoms. The zero-order valence-electron chi connectivity index (χ0n) is 23.8. The molecule has 0 N–H and O–H groups in total. The predicted octanol–water partition coefficient (Wildman–Crippen LogP) is 3.27. The SMILES string of the molecule is CN(C)C(=O)c1cc2cc(C3=CCCN(C(=O)CCn4ccnn4)C3)cc(N3CCC(Oc4ncccn4)CC3)c2o1. The number of aryl methyl sites for hydroxylation is 1. The van der Waals surface area contributed by atoms with E-state index in [0.29, 0.717) is 43.4 Å². The highest BCUT2D eigenvalue weighted by Gasteiger charge is 2.27. The molecule has 4 aromatic rings. The van der Waals surface area contributed by atoms with Crippen LogP contribution in [0.5, 0.6) is 6.01 Å². The summed E-state index contributed by atoms with van der Waals surface area (Å²) >= 11 is 0. The highest BCUT2D eigenvalue weighted by atomic mass is 16.5. The fourth-order valence-electron chi connectivity index (χ4n) is 5.48. The van der Waals surface area contributed by atoms with Gasteiger partial charge in [-0.15, -0.1) is 5.10 Å². The van der Waals surface area contributed by atoms with Gasteiger partial charge in [-0.3, -0.25) is 14.3 Å². The highest BCUT2D eigenvalue weighted by Crippen LogP contribution is 2.36. The second-order valence-corrected chi connectivity index (χ2v) is 10.8. The molecule has 0 unspecified atom stereocenters. The van der Waals surface area contributed by atoms with Crippen LogP contribution in [-0.2, 0) is 11.3 Å². The Balaban J connectivity index is 1.24. The minimum atomic E-state index is -0.185. The normalized spacial score (nSPS) is 16.0. The van der Waals surface area contributed by atoms with Crippen LogP contribution in [0.4, 0.5) is 5.69 Å². The van der Waals surface area contributed by atoms with Crippen LogP contribution in [0.3, 0.4) is 0 Å². The first kappa shape index (κ1) is 27.4. The van der Waals surface area contributed by atoms with Gasteiger partial charge in [-0.25, -0.2) is 9.97 Å². The van der Waals surface area contributed by atoms with Crippen LogP contribution in [0.1, 0.15) is 41.8 Å². The number of carbonyl (C=O) groups is 2. The standard InChI is InChI=1S/C30H34N8O4/c1-35(2)29(40)26-19-23-17-22(21-5-3-12-37(20-21)27(39)8-15-38-16-11-33-34-38)18-25(28(23)42-26)36-13-6-24(7-14-36)41-30-31-9-4-10-32-30/h4-5,9-11,16-19,24H,3,6-8,12-15,20H2,1-2H3. The van der Waals surface area contributed by atoms with Gasteiger partial charge in [0.05, 0.1) is 18.4 Å². The first-order valence-electron chi connectivity index (χ1n) is 14.2. The quantitative estimate of drug-likeness (QED) is 0.314. The Hall–Kier alpha value is -4.74. The summed E-state index contributed by atoms with van der Waals surface area (Å²) in [5.74, 6) is 0.203. The number of rotatable bonds is 8. The first-order chi connectivity index (χ1) is 20.4. The molecule has 0 spiro atoms. The number of anilines is 1. The van der Waals surface area contributed by atoms with E-state index < -0.39 is 0 Å². The van der Waals surface area contributed by atoms with E-state index in [-0.39, 0.29) is 17.9 Å². The molecule has 6 rings (SSSR count). The van der Waals surface area contributed by atoms with Crippen LogP contribution in [-0.4, -0.2) is 93.0 Å². The van der Waals surface area contributed by atoms with Gasteiger partial charge in [-0.05, 0) is 41.8 Å². The summed E-state index contributed by atoms with van der Waals surface area (Å²) in [6, 6.07) is 8.17. The number of fused-ring (bicyclic) bond motifs is 1. The summed E-state index contributed by atoms with van der Waals surface area (Å²) in [5.41, 5.74) is 3.73. The molecule has 0 aliphatic carbocycles. The number of aromatic nitrogens is 5. The third-order valence-corrected chi connectivity index (χ3v) is 7.71. The van der Waals surface area contributed by atoms with E-state index in [1.165, 1.54) is 4.90 Å². The number of hydrogen-bond donors (Lipinski definition) is 0. The largest absolute Gasteiger partial charge is 0.460 e. The Morgan fingerprint density at radius 2 is 1.88 bits per heavy atom. The van der Waals surface area contributed by atoms with Crippen molar-refractivity contribution in [2.45, 2.75) is 38.3 Å². The van der Waals surface area contributed by atoms with Crippen molar-refractivity contribution < 1.29 is 18.7 Å². The van der Waals surface area contributed by atoms with E-state index in [0.717, 1.165) is 54.6 Å². The maximum absolute atomic E-state index is 13.1. The number of benzene rings is 1. The molecule has 2 aliphatic rings. The summed E-state index contributed by atoms with van der Waals surface area (Å²) in [5, 5.41) is 8.63. The van der Waals surface area contributed by atoms with Gasteiger partial charge in [0, 0.05) is 83.5 Å². The van der Waals surface area contributed by atoms with Crippen molar-refractivity contribution >= 4 is 34.0 Å². The van der Waals surface area contributed by atoms with Gasteiger partial charge >= 0.3 is 6.01 Å². The Kier molecular flexibility index (Phi) is 7.85. The van der Waals surface area contributed by atoms with E-state index in [9.17, 15) is 9.59 Å². The molecular weight excluding hydrogens is 536 g/mol. The van der Waals surface area contributed by atoms with Crippen LogP contribution in [0.25, 0.3) is 16.5 Å². The second-order valence-electron chi connectivity index (χ2n) is 10.8. The first-order valence-corrected chi connectivity index (χ1v) is 14.2. The van der Waals surface area contributed by atoms with Crippen molar-refractivity contribution in [2.75, 3.05) is 45.2 Å². The van der Waals surface area contributed by atoms with E-state index >= 15 is 0 Å². The molecule has 1 saturated heterocycles. The number of piperidine rings is 1. The van der Waals surface area contributed by atoms with E-state index in [1.807, 2.05) is 11.0 Å². The minimum Gasteiger partial charge on any atom is -0.460 e. The molecule has 5 heterocycles. The predicted molar refractivity (Wildman–Crippen MR) is 156 cm³/mol. The topological polar surface area (TPSA) is 123 Å². The molecule has 12 nitrogen and oxygen atoms in total. The third-order valence-electron chi connectivity index (χ3n) is 7.71. The Morgan fingerprint density at radius 3 is 2.62 bits per heavy atom. The molecule has 3 aromatic heterocycles. The van der Waals surface area contributed by atoms with Gasteiger partial charge < -0.3 is 23.9 Å². The van der Waals surface area contributed by atoms with Gasteiger partial charge in [0.15, 0.2) is 11.3 Å². The van der Waals surface area contributed by atoms with Crippen molar-refractivity contribution in [2.24, 2.45) is 0 Å². The van der Waals surface area contributed by atoms with E-state index in [1.54, 1.807) is 49.6 Å².